The minimum Gasteiger partial charge on any atom is -0.166 e. The second-order valence-corrected chi connectivity index (χ2v) is 13.7. The molecule has 8 aromatic rings. The van der Waals surface area contributed by atoms with Gasteiger partial charge in [0, 0.05) is 0 Å². The number of hydrogen-bond acceptors (Lipinski definition) is 0. The first-order chi connectivity index (χ1) is 23.1. The summed E-state index contributed by atoms with van der Waals surface area (Å²) < 4.78 is 41.4. The summed E-state index contributed by atoms with van der Waals surface area (Å²) in [5.74, 6) is 0. The molecule has 0 N–H and O–H groups in total. The molecule has 0 spiro atoms. The molecular formula is C45H33F3. The topological polar surface area (TPSA) is 0 Å². The number of rotatable bonds is 3. The van der Waals surface area contributed by atoms with Crippen LogP contribution in [0.15, 0.2) is 146 Å². The Hall–Kier alpha value is -5.41. The van der Waals surface area contributed by atoms with Crippen LogP contribution in [0.4, 0.5) is 13.2 Å². The van der Waals surface area contributed by atoms with Gasteiger partial charge in [-0.2, -0.15) is 13.2 Å². The van der Waals surface area contributed by atoms with Crippen molar-refractivity contribution in [3.05, 3.63) is 157 Å². The molecule has 8 aromatic carbocycles. The molecule has 0 saturated carbocycles. The van der Waals surface area contributed by atoms with Gasteiger partial charge in [0.05, 0.1) is 5.56 Å². The molecule has 0 radical (unpaired) electrons. The summed E-state index contributed by atoms with van der Waals surface area (Å²) in [6, 6.07) is 48.4. The lowest BCUT2D eigenvalue weighted by Gasteiger charge is -2.22. The molecule has 0 nitrogen and oxygen atoms in total. The Kier molecular flexibility index (Phi) is 6.92. The van der Waals surface area contributed by atoms with Crippen molar-refractivity contribution in [2.24, 2.45) is 0 Å². The Morgan fingerprint density at radius 2 is 0.938 bits per heavy atom. The average Bonchev–Trinajstić information content (AvgIpc) is 3.09. The van der Waals surface area contributed by atoms with Crippen LogP contribution in [0.3, 0.4) is 0 Å². The molecule has 8 rings (SSSR count). The van der Waals surface area contributed by atoms with Crippen LogP contribution in [0.2, 0.25) is 0 Å². The first kappa shape index (κ1) is 30.0. The Labute approximate surface area is 278 Å². The van der Waals surface area contributed by atoms with Crippen molar-refractivity contribution in [3.8, 4) is 33.4 Å². The second kappa shape index (κ2) is 11.1. The van der Waals surface area contributed by atoms with Crippen LogP contribution < -0.4 is 0 Å². The van der Waals surface area contributed by atoms with Gasteiger partial charge in [-0.1, -0.05) is 142 Å². The minimum absolute atomic E-state index is 0.000330. The van der Waals surface area contributed by atoms with Crippen molar-refractivity contribution in [2.75, 3.05) is 0 Å². The van der Waals surface area contributed by atoms with Crippen molar-refractivity contribution in [1.82, 2.24) is 0 Å². The molecule has 0 bridgehead atoms. The molecule has 0 aliphatic carbocycles. The van der Waals surface area contributed by atoms with Crippen LogP contribution in [0.1, 0.15) is 31.9 Å². The van der Waals surface area contributed by atoms with Gasteiger partial charge in [-0.3, -0.25) is 0 Å². The zero-order valence-electron chi connectivity index (χ0n) is 27.0. The van der Waals surface area contributed by atoms with Crippen LogP contribution in [0.25, 0.3) is 76.5 Å². The zero-order valence-corrected chi connectivity index (χ0v) is 27.0. The van der Waals surface area contributed by atoms with Gasteiger partial charge in [-0.05, 0) is 112 Å². The molecular weight excluding hydrogens is 597 g/mol. The number of hydrogen-bond donors (Lipinski definition) is 0. The highest BCUT2D eigenvalue weighted by molar-refractivity contribution is 6.26. The van der Waals surface area contributed by atoms with Crippen molar-refractivity contribution >= 4 is 43.1 Å². The summed E-state index contributed by atoms with van der Waals surface area (Å²) in [6.45, 7) is 6.62. The Morgan fingerprint density at radius 1 is 0.375 bits per heavy atom. The molecule has 0 aliphatic rings. The molecule has 3 heteroatoms. The molecule has 0 saturated heterocycles. The lowest BCUT2D eigenvalue weighted by atomic mass is 9.82. The fourth-order valence-corrected chi connectivity index (χ4v) is 7.23. The predicted octanol–water partition coefficient (Wildman–Crippen LogP) is 13.6. The smallest absolute Gasteiger partial charge is 0.166 e. The van der Waals surface area contributed by atoms with Crippen LogP contribution in [0, 0.1) is 0 Å². The number of alkyl halides is 3. The number of fused-ring (bicyclic) bond motifs is 5. The molecule has 48 heavy (non-hydrogen) atoms. The van der Waals surface area contributed by atoms with Crippen molar-refractivity contribution in [3.63, 3.8) is 0 Å². The maximum atomic E-state index is 13.8. The third kappa shape index (κ3) is 5.02. The van der Waals surface area contributed by atoms with E-state index in [0.29, 0.717) is 5.56 Å². The maximum absolute atomic E-state index is 13.8. The monoisotopic (exact) mass is 630 g/mol. The third-order valence-corrected chi connectivity index (χ3v) is 9.62. The lowest BCUT2D eigenvalue weighted by Crippen LogP contribution is -2.10. The second-order valence-electron chi connectivity index (χ2n) is 13.7. The standard InChI is InChI=1S/C45H33F3/c1-44(2,3)32-22-19-28(20-23-32)42-37-17-8-9-18-38(37)43(40-27-31-11-4-5-14-34(31)35-15-6-7-16-36(35)40)39-24-21-30(26-41(39)42)29-12-10-13-33(25-29)45(46,47)48/h4-27H,1-3H3. The molecule has 0 aromatic heterocycles. The Bertz CT molecular complexity index is 2510. The van der Waals surface area contributed by atoms with Crippen LogP contribution in [-0.4, -0.2) is 0 Å². The minimum atomic E-state index is -4.42. The predicted molar refractivity (Wildman–Crippen MR) is 196 cm³/mol. The van der Waals surface area contributed by atoms with E-state index < -0.39 is 11.7 Å². The van der Waals surface area contributed by atoms with Gasteiger partial charge in [0.1, 0.15) is 0 Å². The third-order valence-electron chi connectivity index (χ3n) is 9.62. The number of benzene rings is 8. The van der Waals surface area contributed by atoms with E-state index in [4.69, 9.17) is 0 Å². The maximum Gasteiger partial charge on any atom is 0.416 e. The van der Waals surface area contributed by atoms with Gasteiger partial charge >= 0.3 is 6.18 Å². The van der Waals surface area contributed by atoms with Gasteiger partial charge < -0.3 is 0 Å². The van der Waals surface area contributed by atoms with Crippen molar-refractivity contribution in [1.29, 1.82) is 0 Å². The highest BCUT2D eigenvalue weighted by atomic mass is 19.4. The van der Waals surface area contributed by atoms with Crippen LogP contribution in [-0.2, 0) is 11.6 Å². The van der Waals surface area contributed by atoms with Gasteiger partial charge in [-0.15, -0.1) is 0 Å². The van der Waals surface area contributed by atoms with Gasteiger partial charge in [0.25, 0.3) is 0 Å². The summed E-state index contributed by atoms with van der Waals surface area (Å²) in [5.41, 5.74) is 6.26. The highest BCUT2D eigenvalue weighted by Crippen LogP contribution is 2.47. The Morgan fingerprint density at radius 3 is 1.62 bits per heavy atom. The molecule has 0 heterocycles. The summed E-state index contributed by atoms with van der Waals surface area (Å²) in [5, 5.41) is 8.99. The average molecular weight is 631 g/mol. The van der Waals surface area contributed by atoms with E-state index in [0.717, 1.165) is 66.2 Å². The highest BCUT2D eigenvalue weighted by Gasteiger charge is 2.30. The van der Waals surface area contributed by atoms with E-state index in [2.05, 4.69) is 136 Å². The van der Waals surface area contributed by atoms with E-state index >= 15 is 0 Å². The number of halogens is 3. The first-order valence-electron chi connectivity index (χ1n) is 16.3. The van der Waals surface area contributed by atoms with E-state index in [9.17, 15) is 13.2 Å². The Balaban J connectivity index is 1.51. The molecule has 234 valence electrons. The molecule has 0 atom stereocenters. The van der Waals surface area contributed by atoms with E-state index in [1.165, 1.54) is 28.5 Å². The first-order valence-corrected chi connectivity index (χ1v) is 16.3. The van der Waals surface area contributed by atoms with Crippen molar-refractivity contribution < 1.29 is 13.2 Å². The molecule has 0 fully saturated rings. The van der Waals surface area contributed by atoms with Crippen LogP contribution >= 0.6 is 0 Å². The van der Waals surface area contributed by atoms with Gasteiger partial charge in [0.2, 0.25) is 0 Å². The van der Waals surface area contributed by atoms with Crippen molar-refractivity contribution in [2.45, 2.75) is 32.4 Å². The van der Waals surface area contributed by atoms with Crippen LogP contribution in [0.5, 0.6) is 0 Å². The van der Waals surface area contributed by atoms with E-state index in [1.54, 1.807) is 6.07 Å². The quantitative estimate of drug-likeness (QED) is 0.135. The van der Waals surface area contributed by atoms with Gasteiger partial charge in [0.15, 0.2) is 0 Å². The fraction of sp³-hybridized carbons (Fsp3) is 0.111. The summed E-state index contributed by atoms with van der Waals surface area (Å²) in [4.78, 5) is 0. The fourth-order valence-electron chi connectivity index (χ4n) is 7.23. The molecule has 0 amide bonds. The molecule has 0 unspecified atom stereocenters. The summed E-state index contributed by atoms with van der Waals surface area (Å²) in [7, 11) is 0. The molecule has 0 aliphatic heterocycles. The largest absolute Gasteiger partial charge is 0.416 e. The SMILES string of the molecule is CC(C)(C)c1ccc(-c2c3ccccc3c(-c3cc4ccccc4c4ccccc34)c3ccc(-c4cccc(C(F)(F)F)c4)cc23)cc1. The normalized spacial score (nSPS) is 12.4. The lowest BCUT2D eigenvalue weighted by molar-refractivity contribution is -0.137. The van der Waals surface area contributed by atoms with E-state index in [1.807, 2.05) is 6.07 Å². The zero-order chi connectivity index (χ0) is 33.2. The van der Waals surface area contributed by atoms with Gasteiger partial charge in [-0.25, -0.2) is 0 Å². The summed E-state index contributed by atoms with van der Waals surface area (Å²) in [6.07, 6.45) is -4.42. The van der Waals surface area contributed by atoms with E-state index in [-0.39, 0.29) is 5.41 Å². The summed E-state index contributed by atoms with van der Waals surface area (Å²) >= 11 is 0.